The molecule has 0 radical (unpaired) electrons. The maximum atomic E-state index is 13.6. The number of carbonyl (C=O) groups excluding carboxylic acids is 1. The van der Waals surface area contributed by atoms with E-state index in [0.717, 1.165) is 9.21 Å². The molecule has 12 heteroatoms. The summed E-state index contributed by atoms with van der Waals surface area (Å²) in [6, 6.07) is 9.28. The molecule has 2 N–H and O–H groups in total. The molecular formula is C20H27FN3O6S2-. The van der Waals surface area contributed by atoms with Crippen LogP contribution < -0.4 is 10.6 Å². The predicted molar refractivity (Wildman–Crippen MR) is 120 cm³/mol. The Kier molecular flexibility index (Phi) is 9.33. The summed E-state index contributed by atoms with van der Waals surface area (Å²) in [5.74, 6) is -0.557. The highest BCUT2D eigenvalue weighted by Gasteiger charge is 2.23. The number of ether oxygens (including phenoxy) is 1. The summed E-state index contributed by atoms with van der Waals surface area (Å²) < 4.78 is 64.0. The molecule has 0 aliphatic carbocycles. The number of sulfonamides is 1. The molecule has 178 valence electrons. The zero-order chi connectivity index (χ0) is 24.9. The van der Waals surface area contributed by atoms with Gasteiger partial charge in [-0.1, -0.05) is 6.07 Å². The lowest BCUT2D eigenvalue weighted by atomic mass is 10.2. The molecule has 2 aromatic rings. The van der Waals surface area contributed by atoms with Crippen molar-refractivity contribution in [3.63, 3.8) is 0 Å². The Hall–Kier alpha value is -2.54. The lowest BCUT2D eigenvalue weighted by Crippen LogP contribution is -2.35. The Morgan fingerprint density at radius 1 is 1.09 bits per heavy atom. The average Bonchev–Trinajstić information content (AvgIpc) is 2.66. The van der Waals surface area contributed by atoms with Gasteiger partial charge in [0.1, 0.15) is 17.1 Å². The monoisotopic (exact) mass is 488 g/mol. The smallest absolute Gasteiger partial charge is 0.414 e. The van der Waals surface area contributed by atoms with Crippen molar-refractivity contribution >= 4 is 38.6 Å². The second kappa shape index (κ2) is 10.9. The maximum Gasteiger partial charge on any atom is 0.414 e. The Morgan fingerprint density at radius 3 is 2.03 bits per heavy atom. The van der Waals surface area contributed by atoms with E-state index >= 15 is 0 Å². The summed E-state index contributed by atoms with van der Waals surface area (Å²) in [4.78, 5) is 12.9. The maximum absolute atomic E-state index is 13.6. The first kappa shape index (κ1) is 27.5. The highest BCUT2D eigenvalue weighted by atomic mass is 32.2. The number of benzene rings is 2. The van der Waals surface area contributed by atoms with Crippen LogP contribution in [0.1, 0.15) is 20.8 Å². The van der Waals surface area contributed by atoms with Gasteiger partial charge in [-0.3, -0.25) is 9.11 Å². The minimum absolute atomic E-state index is 0.0294. The molecule has 0 bridgehead atoms. The standard InChI is InChI=1S/C12H17FN2O2.C8H11NO4S2/c1-12(2,3)17-11(16)15(4)10-8(13)6-5-7-9(10)14;1-9(2)15(12,13)8-5-3-7(4-6-8)14(10)11/h5-7H,14H2,1-4H3;3-6H,1-2H3,(H,10,11)/p-1. The van der Waals surface area contributed by atoms with E-state index in [4.69, 9.17) is 10.5 Å². The number of hydrogen-bond acceptors (Lipinski definition) is 7. The summed E-state index contributed by atoms with van der Waals surface area (Å²) in [6.45, 7) is 5.22. The van der Waals surface area contributed by atoms with E-state index in [2.05, 4.69) is 0 Å². The van der Waals surface area contributed by atoms with E-state index < -0.39 is 38.6 Å². The van der Waals surface area contributed by atoms with Gasteiger partial charge < -0.3 is 15.0 Å². The van der Waals surface area contributed by atoms with Crippen LogP contribution in [0.5, 0.6) is 0 Å². The van der Waals surface area contributed by atoms with Gasteiger partial charge in [0.25, 0.3) is 0 Å². The van der Waals surface area contributed by atoms with Gasteiger partial charge in [0.2, 0.25) is 10.0 Å². The van der Waals surface area contributed by atoms with Crippen LogP contribution in [-0.4, -0.2) is 54.3 Å². The molecule has 1 amide bonds. The highest BCUT2D eigenvalue weighted by molar-refractivity contribution is 7.89. The van der Waals surface area contributed by atoms with E-state index in [9.17, 15) is 26.4 Å². The number of hydrogen-bond donors (Lipinski definition) is 1. The van der Waals surface area contributed by atoms with Crippen LogP contribution in [0.25, 0.3) is 0 Å². The largest absolute Gasteiger partial charge is 0.768 e. The molecule has 0 saturated heterocycles. The molecule has 0 spiro atoms. The lowest BCUT2D eigenvalue weighted by Gasteiger charge is -2.25. The molecular weight excluding hydrogens is 461 g/mol. The van der Waals surface area contributed by atoms with E-state index in [1.807, 2.05) is 0 Å². The Bertz CT molecular complexity index is 1050. The van der Waals surface area contributed by atoms with Crippen molar-refractivity contribution in [3.05, 3.63) is 48.3 Å². The number of carbonyl (C=O) groups is 1. The number of para-hydroxylation sites is 1. The van der Waals surface area contributed by atoms with Crippen molar-refractivity contribution in [1.29, 1.82) is 0 Å². The summed E-state index contributed by atoms with van der Waals surface area (Å²) in [7, 11) is 0.756. The summed E-state index contributed by atoms with van der Waals surface area (Å²) in [5, 5.41) is 0. The zero-order valence-corrected chi connectivity index (χ0v) is 20.3. The van der Waals surface area contributed by atoms with Crippen LogP contribution in [0.2, 0.25) is 0 Å². The Balaban J connectivity index is 0.000000323. The van der Waals surface area contributed by atoms with Crippen molar-refractivity contribution in [2.45, 2.75) is 36.2 Å². The predicted octanol–water partition coefficient (Wildman–Crippen LogP) is 2.95. The van der Waals surface area contributed by atoms with E-state index in [0.29, 0.717) is 0 Å². The topological polar surface area (TPSA) is 133 Å². The van der Waals surface area contributed by atoms with Gasteiger partial charge >= 0.3 is 6.09 Å². The fraction of sp³-hybridized carbons (Fsp3) is 0.350. The summed E-state index contributed by atoms with van der Waals surface area (Å²) >= 11 is -2.33. The van der Waals surface area contributed by atoms with Gasteiger partial charge in [0, 0.05) is 26.0 Å². The molecule has 0 aliphatic rings. The third-order valence-electron chi connectivity index (χ3n) is 3.82. The van der Waals surface area contributed by atoms with Crippen molar-refractivity contribution in [3.8, 4) is 0 Å². The number of rotatable bonds is 4. The SMILES string of the molecule is CN(C(=O)OC(C)(C)C)c1c(N)cccc1F.CN(C)S(=O)(=O)c1ccc(S(=O)[O-])cc1. The van der Waals surface area contributed by atoms with Crippen molar-refractivity contribution < 1.29 is 31.1 Å². The molecule has 0 saturated carbocycles. The zero-order valence-electron chi connectivity index (χ0n) is 18.7. The Morgan fingerprint density at radius 2 is 1.62 bits per heavy atom. The second-order valence-electron chi connectivity index (χ2n) is 7.71. The quantitative estimate of drug-likeness (QED) is 0.517. The third-order valence-corrected chi connectivity index (χ3v) is 6.30. The molecule has 0 aliphatic heterocycles. The first-order valence-electron chi connectivity index (χ1n) is 9.20. The van der Waals surface area contributed by atoms with E-state index in [-0.39, 0.29) is 21.2 Å². The molecule has 0 fully saturated rings. The van der Waals surface area contributed by atoms with Crippen LogP contribution in [0.3, 0.4) is 0 Å². The van der Waals surface area contributed by atoms with Gasteiger partial charge in [-0.25, -0.2) is 21.9 Å². The average molecular weight is 489 g/mol. The fourth-order valence-electron chi connectivity index (χ4n) is 2.24. The number of nitrogens with zero attached hydrogens (tertiary/aromatic N) is 2. The molecule has 32 heavy (non-hydrogen) atoms. The second-order valence-corrected chi connectivity index (χ2v) is 10.8. The van der Waals surface area contributed by atoms with Crippen molar-refractivity contribution in [2.75, 3.05) is 31.8 Å². The number of amides is 1. The Labute approximate surface area is 190 Å². The van der Waals surface area contributed by atoms with E-state index in [1.165, 1.54) is 63.6 Å². The van der Waals surface area contributed by atoms with Gasteiger partial charge in [0.15, 0.2) is 0 Å². The van der Waals surface area contributed by atoms with E-state index in [1.54, 1.807) is 20.8 Å². The molecule has 9 nitrogen and oxygen atoms in total. The molecule has 2 aromatic carbocycles. The number of halogens is 1. The molecule has 1 atom stereocenters. The van der Waals surface area contributed by atoms with Crippen molar-refractivity contribution in [1.82, 2.24) is 4.31 Å². The normalized spacial score (nSPS) is 12.5. The first-order valence-corrected chi connectivity index (χ1v) is 11.7. The summed E-state index contributed by atoms with van der Waals surface area (Å²) in [5.41, 5.74) is 5.22. The number of nitrogen functional groups attached to an aromatic ring is 1. The number of nitrogens with two attached hydrogens (primary N) is 1. The lowest BCUT2D eigenvalue weighted by molar-refractivity contribution is 0.0588. The minimum atomic E-state index is -3.49. The fourth-order valence-corrected chi connectivity index (χ4v) is 3.50. The molecule has 2 rings (SSSR count). The van der Waals surface area contributed by atoms with Crippen LogP contribution in [0, 0.1) is 5.82 Å². The van der Waals surface area contributed by atoms with Crippen LogP contribution >= 0.6 is 0 Å². The molecule has 1 unspecified atom stereocenters. The van der Waals surface area contributed by atoms with Gasteiger partial charge in [0.05, 0.1) is 10.6 Å². The molecule has 0 aromatic heterocycles. The van der Waals surface area contributed by atoms with Gasteiger partial charge in [-0.2, -0.15) is 0 Å². The minimum Gasteiger partial charge on any atom is -0.768 e. The van der Waals surface area contributed by atoms with Gasteiger partial charge in [-0.05, 0) is 68.2 Å². The summed E-state index contributed by atoms with van der Waals surface area (Å²) in [6.07, 6.45) is -0.644. The van der Waals surface area contributed by atoms with Crippen LogP contribution in [0.15, 0.2) is 52.3 Å². The number of anilines is 2. The molecule has 0 heterocycles. The van der Waals surface area contributed by atoms with Crippen LogP contribution in [0.4, 0.5) is 20.6 Å². The van der Waals surface area contributed by atoms with Crippen molar-refractivity contribution in [2.24, 2.45) is 0 Å². The van der Waals surface area contributed by atoms with Gasteiger partial charge in [-0.15, -0.1) is 0 Å². The highest BCUT2D eigenvalue weighted by Crippen LogP contribution is 2.26. The first-order chi connectivity index (χ1) is 14.6. The van der Waals surface area contributed by atoms with Crippen LogP contribution in [-0.2, 0) is 25.8 Å². The third kappa shape index (κ3) is 7.55.